The molecule has 0 bridgehead atoms. The van der Waals surface area contributed by atoms with Crippen LogP contribution in [0, 0.1) is 5.82 Å². The van der Waals surface area contributed by atoms with Gasteiger partial charge in [0.2, 0.25) is 0 Å². The van der Waals surface area contributed by atoms with Crippen molar-refractivity contribution < 1.29 is 4.39 Å². The van der Waals surface area contributed by atoms with Gasteiger partial charge in [-0.2, -0.15) is 0 Å². The first-order valence-corrected chi connectivity index (χ1v) is 10.4. The Bertz CT molecular complexity index is 1370. The summed E-state index contributed by atoms with van der Waals surface area (Å²) < 4.78 is 14.9. The summed E-state index contributed by atoms with van der Waals surface area (Å²) >= 11 is 6.06. The number of benzene rings is 2. The Kier molecular flexibility index (Phi) is 5.00. The van der Waals surface area contributed by atoms with Gasteiger partial charge < -0.3 is 4.57 Å². The Balaban J connectivity index is 1.46. The summed E-state index contributed by atoms with van der Waals surface area (Å²) in [7, 11) is 0. The maximum atomic E-state index is 13.3. The molecule has 31 heavy (non-hydrogen) atoms. The van der Waals surface area contributed by atoms with E-state index < -0.39 is 0 Å². The molecule has 0 fully saturated rings. The number of pyridine rings is 2. The number of fused-ring (bicyclic) bond motifs is 1. The molecule has 0 atom stereocenters. The van der Waals surface area contributed by atoms with E-state index in [1.807, 2.05) is 42.7 Å². The van der Waals surface area contributed by atoms with Gasteiger partial charge in [-0.15, -0.1) is 0 Å². The Hall–Kier alpha value is -3.50. The first kappa shape index (κ1) is 19.5. The molecule has 0 saturated heterocycles. The zero-order valence-corrected chi connectivity index (χ0v) is 17.3. The second-order valence-electron chi connectivity index (χ2n) is 7.56. The fourth-order valence-electron chi connectivity index (χ4n) is 3.91. The first-order chi connectivity index (χ1) is 15.1. The molecule has 2 aromatic heterocycles. The van der Waals surface area contributed by atoms with Gasteiger partial charge >= 0.3 is 0 Å². The lowest BCUT2D eigenvalue weighted by Crippen LogP contribution is -2.19. The molecule has 152 valence electrons. The van der Waals surface area contributed by atoms with Crippen LogP contribution in [-0.2, 0) is 13.0 Å². The quantitative estimate of drug-likeness (QED) is 0.415. The summed E-state index contributed by atoms with van der Waals surface area (Å²) in [4.78, 5) is 17.4. The van der Waals surface area contributed by atoms with Gasteiger partial charge in [0.15, 0.2) is 0 Å². The van der Waals surface area contributed by atoms with E-state index >= 15 is 0 Å². The molecule has 0 unspecified atom stereocenters. The van der Waals surface area contributed by atoms with Crippen LogP contribution in [0.1, 0.15) is 22.4 Å². The van der Waals surface area contributed by atoms with Crippen molar-refractivity contribution in [2.24, 2.45) is 0 Å². The number of hydrogen-bond acceptors (Lipinski definition) is 2. The largest absolute Gasteiger partial charge is 0.311 e. The van der Waals surface area contributed by atoms with Gasteiger partial charge in [0.25, 0.3) is 5.56 Å². The lowest BCUT2D eigenvalue weighted by molar-refractivity contribution is 0.628. The van der Waals surface area contributed by atoms with Gasteiger partial charge in [0, 0.05) is 41.0 Å². The summed E-state index contributed by atoms with van der Waals surface area (Å²) in [5.41, 5.74) is 6.57. The Labute approximate surface area is 184 Å². The molecule has 0 radical (unpaired) electrons. The van der Waals surface area contributed by atoms with Crippen molar-refractivity contribution in [3.05, 3.63) is 129 Å². The lowest BCUT2D eigenvalue weighted by Gasteiger charge is -2.11. The highest BCUT2D eigenvalue weighted by atomic mass is 35.5. The Morgan fingerprint density at radius 1 is 0.968 bits per heavy atom. The van der Waals surface area contributed by atoms with Crippen molar-refractivity contribution >= 4 is 17.2 Å². The summed E-state index contributed by atoms with van der Waals surface area (Å²) in [6, 6.07) is 19.6. The number of nitrogens with zero attached hydrogens (tertiary/aromatic N) is 2. The molecular formula is C26H18ClFN2O. The molecule has 3 nitrogen and oxygen atoms in total. The van der Waals surface area contributed by atoms with Crippen molar-refractivity contribution in [2.45, 2.75) is 13.0 Å². The van der Waals surface area contributed by atoms with Crippen molar-refractivity contribution in [3.63, 3.8) is 0 Å². The van der Waals surface area contributed by atoms with Crippen LogP contribution in [-0.4, -0.2) is 9.55 Å². The second kappa shape index (κ2) is 7.97. The minimum absolute atomic E-state index is 0.0746. The maximum absolute atomic E-state index is 13.3. The molecule has 1 aliphatic rings. The number of halogens is 2. The van der Waals surface area contributed by atoms with Crippen LogP contribution in [0.3, 0.4) is 0 Å². The molecule has 0 N–H and O–H groups in total. The molecular weight excluding hydrogens is 411 g/mol. The monoisotopic (exact) mass is 428 g/mol. The summed E-state index contributed by atoms with van der Waals surface area (Å²) in [6.07, 6.45) is 6.45. The molecule has 2 heterocycles. The smallest absolute Gasteiger partial charge is 0.251 e. The van der Waals surface area contributed by atoms with Crippen molar-refractivity contribution in [2.75, 3.05) is 0 Å². The minimum Gasteiger partial charge on any atom is -0.311 e. The number of hydrogen-bond donors (Lipinski definition) is 0. The van der Waals surface area contributed by atoms with Crippen LogP contribution in [0.25, 0.3) is 16.7 Å². The van der Waals surface area contributed by atoms with Crippen molar-refractivity contribution in [1.82, 2.24) is 9.55 Å². The number of rotatable bonds is 4. The van der Waals surface area contributed by atoms with E-state index in [0.29, 0.717) is 11.6 Å². The van der Waals surface area contributed by atoms with Crippen LogP contribution < -0.4 is 5.56 Å². The SMILES string of the molecule is O=c1cc(C2=CCc3ncc(-c4ccc(F)cc4)cc32)ccn1Cc1cccc(Cl)c1. The van der Waals surface area contributed by atoms with E-state index in [-0.39, 0.29) is 11.4 Å². The van der Waals surface area contributed by atoms with Gasteiger partial charge in [0.1, 0.15) is 5.82 Å². The third-order valence-electron chi connectivity index (χ3n) is 5.49. The number of allylic oxidation sites excluding steroid dienone is 1. The fraction of sp³-hybridized carbons (Fsp3) is 0.0769. The summed E-state index contributed by atoms with van der Waals surface area (Å²) in [5.74, 6) is -0.267. The summed E-state index contributed by atoms with van der Waals surface area (Å²) in [6.45, 7) is 0.464. The summed E-state index contributed by atoms with van der Waals surface area (Å²) in [5, 5.41) is 0.652. The molecule has 0 amide bonds. The van der Waals surface area contributed by atoms with Crippen molar-refractivity contribution in [3.8, 4) is 11.1 Å². The van der Waals surface area contributed by atoms with Gasteiger partial charge in [-0.25, -0.2) is 4.39 Å². The Morgan fingerprint density at radius 3 is 2.58 bits per heavy atom. The zero-order valence-electron chi connectivity index (χ0n) is 16.6. The topological polar surface area (TPSA) is 34.9 Å². The van der Waals surface area contributed by atoms with Crippen LogP contribution in [0.2, 0.25) is 5.02 Å². The highest BCUT2D eigenvalue weighted by Gasteiger charge is 2.18. The number of aromatic nitrogens is 2. The normalized spacial score (nSPS) is 12.5. The zero-order chi connectivity index (χ0) is 21.4. The van der Waals surface area contributed by atoms with Gasteiger partial charge in [0.05, 0.1) is 12.2 Å². The third-order valence-corrected chi connectivity index (χ3v) is 5.72. The molecule has 2 aromatic carbocycles. The minimum atomic E-state index is -0.267. The van der Waals surface area contributed by atoms with Crippen molar-refractivity contribution in [1.29, 1.82) is 0 Å². The van der Waals surface area contributed by atoms with E-state index in [9.17, 15) is 9.18 Å². The van der Waals surface area contributed by atoms with Crippen LogP contribution in [0.5, 0.6) is 0 Å². The van der Waals surface area contributed by atoms with Gasteiger partial charge in [-0.1, -0.05) is 41.9 Å². The van der Waals surface area contributed by atoms with Gasteiger partial charge in [-0.3, -0.25) is 9.78 Å². The van der Waals surface area contributed by atoms with E-state index in [2.05, 4.69) is 17.1 Å². The fourth-order valence-corrected chi connectivity index (χ4v) is 4.12. The highest BCUT2D eigenvalue weighted by molar-refractivity contribution is 6.30. The predicted octanol–water partition coefficient (Wildman–Crippen LogP) is 5.74. The van der Waals surface area contributed by atoms with E-state index in [4.69, 9.17) is 11.6 Å². The second-order valence-corrected chi connectivity index (χ2v) is 7.99. The lowest BCUT2D eigenvalue weighted by atomic mass is 9.98. The molecule has 0 saturated carbocycles. The van der Waals surface area contributed by atoms with Crippen LogP contribution in [0.4, 0.5) is 4.39 Å². The molecule has 4 aromatic rings. The standard InChI is InChI=1S/C26H18ClFN2O/c27-21-3-1-2-17(12-21)16-30-11-10-19(14-26(30)31)23-8-9-25-24(23)13-20(15-29-25)18-4-6-22(28)7-5-18/h1-8,10-15H,9,16H2. The highest BCUT2D eigenvalue weighted by Crippen LogP contribution is 2.34. The Morgan fingerprint density at radius 2 is 1.81 bits per heavy atom. The van der Waals surface area contributed by atoms with Crippen LogP contribution >= 0.6 is 11.6 Å². The molecule has 0 spiro atoms. The molecule has 5 heteroatoms. The molecule has 1 aliphatic carbocycles. The third kappa shape index (κ3) is 3.94. The molecule has 5 rings (SSSR count). The van der Waals surface area contributed by atoms with E-state index in [0.717, 1.165) is 45.5 Å². The van der Waals surface area contributed by atoms with E-state index in [1.165, 1.54) is 12.1 Å². The van der Waals surface area contributed by atoms with Crippen LogP contribution in [0.15, 0.2) is 90.0 Å². The average Bonchev–Trinajstić information content (AvgIpc) is 3.19. The maximum Gasteiger partial charge on any atom is 0.251 e. The van der Waals surface area contributed by atoms with E-state index in [1.54, 1.807) is 22.8 Å². The first-order valence-electron chi connectivity index (χ1n) is 9.97. The average molecular weight is 429 g/mol. The molecule has 0 aliphatic heterocycles. The predicted molar refractivity (Wildman–Crippen MR) is 122 cm³/mol. The van der Waals surface area contributed by atoms with Gasteiger partial charge in [-0.05, 0) is 58.7 Å².